The summed E-state index contributed by atoms with van der Waals surface area (Å²) in [5.41, 5.74) is 0.178. The summed E-state index contributed by atoms with van der Waals surface area (Å²) in [6.45, 7) is 0.138. The van der Waals surface area contributed by atoms with E-state index in [0.717, 1.165) is 11.2 Å². The van der Waals surface area contributed by atoms with E-state index < -0.39 is 17.5 Å². The van der Waals surface area contributed by atoms with Gasteiger partial charge in [-0.2, -0.15) is 0 Å². The Hall–Kier alpha value is -2.05. The van der Waals surface area contributed by atoms with Gasteiger partial charge in [0, 0.05) is 29.6 Å². The fourth-order valence-electron chi connectivity index (χ4n) is 2.63. The maximum absolute atomic E-state index is 11.4. The van der Waals surface area contributed by atoms with Gasteiger partial charge in [0.25, 0.3) is 0 Å². The number of hydrogen-bond donors (Lipinski definition) is 4. The standard InChI is InChI=1S/C13H11ClN2O4/c14-7-2-1-3-8-10(7)6-4-13(11(17)18,12(19)20)15-5-9(6)16-8/h1-3,15-16H,4-5H2,(H,17,18)(H,19,20). The van der Waals surface area contributed by atoms with Gasteiger partial charge in [0.15, 0.2) is 0 Å². The monoisotopic (exact) mass is 294 g/mol. The molecular formula is C13H11ClN2O4. The SMILES string of the molecule is O=C(O)C1(C(=O)O)Cc2c([nH]c3cccc(Cl)c23)CN1. The molecule has 0 atom stereocenters. The number of fused-ring (bicyclic) bond motifs is 3. The molecule has 1 aliphatic heterocycles. The zero-order chi connectivity index (χ0) is 14.5. The van der Waals surface area contributed by atoms with Gasteiger partial charge in [-0.05, 0) is 17.7 Å². The van der Waals surface area contributed by atoms with Gasteiger partial charge in [-0.15, -0.1) is 0 Å². The van der Waals surface area contributed by atoms with Crippen LogP contribution in [0.5, 0.6) is 0 Å². The average Bonchev–Trinajstić information content (AvgIpc) is 2.76. The molecule has 0 saturated heterocycles. The lowest BCUT2D eigenvalue weighted by molar-refractivity contribution is -0.159. The Labute approximate surface area is 118 Å². The lowest BCUT2D eigenvalue weighted by Gasteiger charge is -2.30. The lowest BCUT2D eigenvalue weighted by atomic mass is 9.86. The highest BCUT2D eigenvalue weighted by molar-refractivity contribution is 6.35. The van der Waals surface area contributed by atoms with E-state index >= 15 is 0 Å². The van der Waals surface area contributed by atoms with Gasteiger partial charge in [0.1, 0.15) is 0 Å². The molecule has 0 saturated carbocycles. The molecule has 104 valence electrons. The largest absolute Gasteiger partial charge is 0.479 e. The van der Waals surface area contributed by atoms with Crippen molar-refractivity contribution in [1.82, 2.24) is 10.3 Å². The number of carbonyl (C=O) groups is 2. The van der Waals surface area contributed by atoms with Crippen LogP contribution in [0.3, 0.4) is 0 Å². The Balaban J connectivity index is 2.22. The summed E-state index contributed by atoms with van der Waals surface area (Å²) < 4.78 is 0. The topological polar surface area (TPSA) is 102 Å². The molecule has 0 aliphatic carbocycles. The van der Waals surface area contributed by atoms with Crippen LogP contribution < -0.4 is 5.32 Å². The normalized spacial score (nSPS) is 16.9. The van der Waals surface area contributed by atoms with Crippen LogP contribution in [0.4, 0.5) is 0 Å². The predicted octanol–water partition coefficient (Wildman–Crippen LogP) is 1.37. The Morgan fingerprint density at radius 1 is 1.25 bits per heavy atom. The zero-order valence-corrected chi connectivity index (χ0v) is 11.0. The number of aromatic amines is 1. The first-order valence-electron chi connectivity index (χ1n) is 5.95. The first-order chi connectivity index (χ1) is 9.45. The number of rotatable bonds is 2. The van der Waals surface area contributed by atoms with E-state index in [9.17, 15) is 19.8 Å². The van der Waals surface area contributed by atoms with Crippen molar-refractivity contribution in [2.24, 2.45) is 0 Å². The minimum atomic E-state index is -2.01. The third-order valence-electron chi connectivity index (χ3n) is 3.70. The highest BCUT2D eigenvalue weighted by atomic mass is 35.5. The van der Waals surface area contributed by atoms with Gasteiger partial charge in [-0.25, -0.2) is 9.59 Å². The molecule has 6 nitrogen and oxygen atoms in total. The summed E-state index contributed by atoms with van der Waals surface area (Å²) in [6.07, 6.45) is -0.156. The quantitative estimate of drug-likeness (QED) is 0.627. The molecule has 0 amide bonds. The van der Waals surface area contributed by atoms with Crippen molar-refractivity contribution >= 4 is 34.4 Å². The number of halogens is 1. The Bertz CT molecular complexity index is 723. The number of hydrogen-bond acceptors (Lipinski definition) is 3. The molecule has 2 heterocycles. The third-order valence-corrected chi connectivity index (χ3v) is 4.02. The highest BCUT2D eigenvalue weighted by Crippen LogP contribution is 2.34. The Morgan fingerprint density at radius 3 is 2.60 bits per heavy atom. The molecule has 0 fully saturated rings. The van der Waals surface area contributed by atoms with E-state index in [-0.39, 0.29) is 13.0 Å². The molecular weight excluding hydrogens is 284 g/mol. The summed E-state index contributed by atoms with van der Waals surface area (Å²) in [6, 6.07) is 5.30. The molecule has 1 aromatic heterocycles. The van der Waals surface area contributed by atoms with Crippen molar-refractivity contribution in [2.75, 3.05) is 0 Å². The van der Waals surface area contributed by atoms with Crippen LogP contribution in [0.2, 0.25) is 5.02 Å². The molecule has 0 bridgehead atoms. The molecule has 1 aromatic carbocycles. The number of nitrogens with one attached hydrogen (secondary N) is 2. The van der Waals surface area contributed by atoms with E-state index in [1.165, 1.54) is 0 Å². The maximum Gasteiger partial charge on any atom is 0.336 e. The molecule has 0 spiro atoms. The minimum absolute atomic E-state index is 0.138. The average molecular weight is 295 g/mol. The molecule has 20 heavy (non-hydrogen) atoms. The summed E-state index contributed by atoms with van der Waals surface area (Å²) in [5, 5.41) is 22.3. The van der Waals surface area contributed by atoms with Gasteiger partial charge in [0.05, 0.1) is 5.02 Å². The van der Waals surface area contributed by atoms with Crippen LogP contribution in [0.25, 0.3) is 10.9 Å². The number of aromatic nitrogens is 1. The predicted molar refractivity (Wildman–Crippen MR) is 71.9 cm³/mol. The van der Waals surface area contributed by atoms with Crippen molar-refractivity contribution in [3.63, 3.8) is 0 Å². The second-order valence-electron chi connectivity index (χ2n) is 4.79. The molecule has 3 rings (SSSR count). The van der Waals surface area contributed by atoms with Crippen LogP contribution in [0, 0.1) is 0 Å². The fourth-order valence-corrected chi connectivity index (χ4v) is 2.92. The van der Waals surface area contributed by atoms with Gasteiger partial charge in [-0.3, -0.25) is 5.32 Å². The van der Waals surface area contributed by atoms with Gasteiger partial charge >= 0.3 is 11.9 Å². The molecule has 7 heteroatoms. The van der Waals surface area contributed by atoms with Crippen molar-refractivity contribution in [2.45, 2.75) is 18.5 Å². The fraction of sp³-hybridized carbons (Fsp3) is 0.231. The number of carboxylic acids is 2. The van der Waals surface area contributed by atoms with Crippen LogP contribution in [-0.4, -0.2) is 32.7 Å². The van der Waals surface area contributed by atoms with Crippen molar-refractivity contribution < 1.29 is 19.8 Å². The summed E-state index contributed by atoms with van der Waals surface area (Å²) in [5.74, 6) is -2.81. The molecule has 4 N–H and O–H groups in total. The number of aliphatic carboxylic acids is 2. The van der Waals surface area contributed by atoms with E-state index in [1.807, 2.05) is 6.07 Å². The molecule has 0 radical (unpaired) electrons. The maximum atomic E-state index is 11.4. The number of H-pyrrole nitrogens is 1. The summed E-state index contributed by atoms with van der Waals surface area (Å²) >= 11 is 6.15. The van der Waals surface area contributed by atoms with Gasteiger partial charge in [-0.1, -0.05) is 17.7 Å². The molecule has 0 unspecified atom stereocenters. The first kappa shape index (κ1) is 13.0. The summed E-state index contributed by atoms with van der Waals surface area (Å²) in [4.78, 5) is 25.9. The number of benzene rings is 1. The second kappa shape index (κ2) is 4.22. The molecule has 1 aliphatic rings. The minimum Gasteiger partial charge on any atom is -0.479 e. The third kappa shape index (κ3) is 1.62. The molecule has 2 aromatic rings. The second-order valence-corrected chi connectivity index (χ2v) is 5.20. The van der Waals surface area contributed by atoms with Crippen molar-refractivity contribution in [3.8, 4) is 0 Å². The van der Waals surface area contributed by atoms with Crippen LogP contribution >= 0.6 is 11.6 Å². The zero-order valence-electron chi connectivity index (χ0n) is 10.2. The van der Waals surface area contributed by atoms with Crippen LogP contribution in [-0.2, 0) is 22.6 Å². The van der Waals surface area contributed by atoms with E-state index in [1.54, 1.807) is 12.1 Å². The van der Waals surface area contributed by atoms with Crippen LogP contribution in [0.15, 0.2) is 18.2 Å². The van der Waals surface area contributed by atoms with Crippen LogP contribution in [0.1, 0.15) is 11.3 Å². The van der Waals surface area contributed by atoms with Gasteiger partial charge in [0.2, 0.25) is 5.54 Å². The lowest BCUT2D eigenvalue weighted by Crippen LogP contribution is -2.61. The van der Waals surface area contributed by atoms with Crippen molar-refractivity contribution in [3.05, 3.63) is 34.5 Å². The van der Waals surface area contributed by atoms with E-state index in [0.29, 0.717) is 16.0 Å². The first-order valence-corrected chi connectivity index (χ1v) is 6.33. The van der Waals surface area contributed by atoms with Crippen molar-refractivity contribution in [1.29, 1.82) is 0 Å². The Morgan fingerprint density at radius 2 is 1.95 bits per heavy atom. The number of carboxylic acid groups (broad SMARTS) is 2. The van der Waals surface area contributed by atoms with Gasteiger partial charge < -0.3 is 15.2 Å². The Kier molecular flexibility index (Phi) is 2.74. The smallest absolute Gasteiger partial charge is 0.336 e. The van der Waals surface area contributed by atoms with E-state index in [2.05, 4.69) is 10.3 Å². The highest BCUT2D eigenvalue weighted by Gasteiger charge is 2.49. The van der Waals surface area contributed by atoms with E-state index in [4.69, 9.17) is 11.6 Å². The summed E-state index contributed by atoms with van der Waals surface area (Å²) in [7, 11) is 0.